The summed E-state index contributed by atoms with van der Waals surface area (Å²) in [5, 5.41) is 0. The van der Waals surface area contributed by atoms with E-state index in [2.05, 4.69) is 42.8 Å². The summed E-state index contributed by atoms with van der Waals surface area (Å²) >= 11 is 1.78. The van der Waals surface area contributed by atoms with Gasteiger partial charge >= 0.3 is 0 Å². The molecule has 2 nitrogen and oxygen atoms in total. The van der Waals surface area contributed by atoms with E-state index in [1.807, 2.05) is 0 Å². The van der Waals surface area contributed by atoms with Crippen LogP contribution in [0.2, 0.25) is 0 Å². The van der Waals surface area contributed by atoms with Crippen LogP contribution in [-0.2, 0) is 6.54 Å². The molecule has 0 bridgehead atoms. The molecule has 2 N–H and O–H groups in total. The summed E-state index contributed by atoms with van der Waals surface area (Å²) in [6, 6.07) is 4.98. The second kappa shape index (κ2) is 5.68. The first kappa shape index (κ1) is 12.6. The summed E-state index contributed by atoms with van der Waals surface area (Å²) in [4.78, 5) is 4.96. The Morgan fingerprint density at radius 3 is 2.94 bits per heavy atom. The Morgan fingerprint density at radius 2 is 2.29 bits per heavy atom. The predicted octanol–water partition coefficient (Wildman–Crippen LogP) is 2.29. The van der Waals surface area contributed by atoms with E-state index in [4.69, 9.17) is 5.73 Å². The molecule has 2 rings (SSSR count). The van der Waals surface area contributed by atoms with Gasteiger partial charge in [0.2, 0.25) is 0 Å². The van der Waals surface area contributed by atoms with Crippen LogP contribution >= 0.6 is 11.3 Å². The molecule has 3 heteroatoms. The fourth-order valence-electron chi connectivity index (χ4n) is 2.00. The van der Waals surface area contributed by atoms with Gasteiger partial charge in [-0.15, -0.1) is 11.3 Å². The van der Waals surface area contributed by atoms with Crippen molar-refractivity contribution in [3.8, 4) is 11.8 Å². The molecule has 0 amide bonds. The molecular formula is C14H20N2S. The monoisotopic (exact) mass is 248 g/mol. The third-order valence-corrected chi connectivity index (χ3v) is 4.37. The average Bonchev–Trinajstić information content (AvgIpc) is 3.08. The lowest BCUT2D eigenvalue weighted by Crippen LogP contribution is -2.29. The van der Waals surface area contributed by atoms with E-state index in [1.54, 1.807) is 11.3 Å². The van der Waals surface area contributed by atoms with E-state index in [-0.39, 0.29) is 0 Å². The Bertz CT molecular complexity index is 423. The highest BCUT2D eigenvalue weighted by molar-refractivity contribution is 7.12. The van der Waals surface area contributed by atoms with Gasteiger partial charge < -0.3 is 5.73 Å². The third-order valence-electron chi connectivity index (χ3n) is 3.38. The zero-order chi connectivity index (χ0) is 12.3. The zero-order valence-electron chi connectivity index (χ0n) is 10.6. The quantitative estimate of drug-likeness (QED) is 0.828. The summed E-state index contributed by atoms with van der Waals surface area (Å²) in [5.41, 5.74) is 5.37. The highest BCUT2D eigenvalue weighted by atomic mass is 32.1. The second-order valence-corrected chi connectivity index (χ2v) is 5.93. The summed E-state index contributed by atoms with van der Waals surface area (Å²) in [5.74, 6) is 6.91. The SMILES string of the molecule is CC(C1CC1)N(C)Cc1ccc(C#CCN)s1. The van der Waals surface area contributed by atoms with Gasteiger partial charge in [-0.25, -0.2) is 0 Å². The van der Waals surface area contributed by atoms with Crippen molar-refractivity contribution < 1.29 is 0 Å². The molecule has 17 heavy (non-hydrogen) atoms. The van der Waals surface area contributed by atoms with Crippen molar-refractivity contribution in [3.63, 3.8) is 0 Å². The molecule has 1 fully saturated rings. The van der Waals surface area contributed by atoms with Crippen molar-refractivity contribution in [2.24, 2.45) is 11.7 Å². The maximum absolute atomic E-state index is 5.37. The van der Waals surface area contributed by atoms with E-state index in [0.717, 1.165) is 17.3 Å². The molecule has 1 heterocycles. The smallest absolute Gasteiger partial charge is 0.0772 e. The van der Waals surface area contributed by atoms with Gasteiger partial charge in [0.05, 0.1) is 11.4 Å². The van der Waals surface area contributed by atoms with Gasteiger partial charge in [-0.3, -0.25) is 4.90 Å². The Hall–Kier alpha value is -0.820. The van der Waals surface area contributed by atoms with Crippen LogP contribution in [-0.4, -0.2) is 24.5 Å². The molecule has 0 aliphatic heterocycles. The van der Waals surface area contributed by atoms with E-state index in [1.165, 1.54) is 17.7 Å². The van der Waals surface area contributed by atoms with Crippen molar-refractivity contribution in [2.45, 2.75) is 32.4 Å². The lowest BCUT2D eigenvalue weighted by atomic mass is 10.2. The fourth-order valence-corrected chi connectivity index (χ4v) is 2.94. The highest BCUT2D eigenvalue weighted by Crippen LogP contribution is 2.35. The van der Waals surface area contributed by atoms with E-state index in [9.17, 15) is 0 Å². The molecule has 1 atom stereocenters. The first-order valence-corrected chi connectivity index (χ1v) is 7.00. The lowest BCUT2D eigenvalue weighted by Gasteiger charge is -2.23. The van der Waals surface area contributed by atoms with E-state index in [0.29, 0.717) is 12.6 Å². The third kappa shape index (κ3) is 3.57. The second-order valence-electron chi connectivity index (χ2n) is 4.77. The van der Waals surface area contributed by atoms with Gasteiger partial charge in [0.25, 0.3) is 0 Å². The van der Waals surface area contributed by atoms with Crippen molar-refractivity contribution in [3.05, 3.63) is 21.9 Å². The average molecular weight is 248 g/mol. The van der Waals surface area contributed by atoms with Gasteiger partial charge in [-0.1, -0.05) is 11.8 Å². The van der Waals surface area contributed by atoms with Crippen LogP contribution in [0.25, 0.3) is 0 Å². The summed E-state index contributed by atoms with van der Waals surface area (Å²) in [7, 11) is 2.22. The van der Waals surface area contributed by atoms with Crippen LogP contribution < -0.4 is 5.73 Å². The molecule has 1 aliphatic rings. The number of hydrogen-bond acceptors (Lipinski definition) is 3. The Balaban J connectivity index is 1.91. The maximum Gasteiger partial charge on any atom is 0.0772 e. The largest absolute Gasteiger partial charge is 0.320 e. The molecule has 1 saturated carbocycles. The maximum atomic E-state index is 5.37. The summed E-state index contributed by atoms with van der Waals surface area (Å²) in [6.07, 6.45) is 2.81. The molecule has 0 spiro atoms. The topological polar surface area (TPSA) is 29.3 Å². The van der Waals surface area contributed by atoms with Crippen LogP contribution in [0.1, 0.15) is 29.5 Å². The van der Waals surface area contributed by atoms with E-state index < -0.39 is 0 Å². The minimum atomic E-state index is 0.436. The Labute approximate surface area is 108 Å². The summed E-state index contributed by atoms with van der Waals surface area (Å²) < 4.78 is 0. The first-order valence-electron chi connectivity index (χ1n) is 6.18. The minimum absolute atomic E-state index is 0.436. The molecule has 1 unspecified atom stereocenters. The molecule has 1 aromatic rings. The number of nitrogens with zero attached hydrogens (tertiary/aromatic N) is 1. The van der Waals surface area contributed by atoms with Crippen molar-refractivity contribution in [1.82, 2.24) is 4.90 Å². The molecule has 1 aliphatic carbocycles. The molecule has 0 radical (unpaired) electrons. The first-order chi connectivity index (χ1) is 8.20. The lowest BCUT2D eigenvalue weighted by molar-refractivity contribution is 0.228. The van der Waals surface area contributed by atoms with Gasteiger partial charge in [0, 0.05) is 17.5 Å². The zero-order valence-corrected chi connectivity index (χ0v) is 11.4. The van der Waals surface area contributed by atoms with Crippen LogP contribution in [0.5, 0.6) is 0 Å². The van der Waals surface area contributed by atoms with Crippen molar-refractivity contribution >= 4 is 11.3 Å². The molecular weight excluding hydrogens is 228 g/mol. The van der Waals surface area contributed by atoms with E-state index >= 15 is 0 Å². The molecule has 0 saturated heterocycles. The van der Waals surface area contributed by atoms with Crippen LogP contribution in [0, 0.1) is 17.8 Å². The van der Waals surface area contributed by atoms with Gasteiger partial charge in [-0.05, 0) is 44.9 Å². The standard InChI is InChI=1S/C14H20N2S/c1-11(12-5-6-12)16(2)10-14-8-7-13(17-14)4-3-9-15/h7-8,11-12H,5-6,9-10,15H2,1-2H3. The van der Waals surface area contributed by atoms with Crippen LogP contribution in [0.15, 0.2) is 12.1 Å². The van der Waals surface area contributed by atoms with Crippen LogP contribution in [0.4, 0.5) is 0 Å². The molecule has 92 valence electrons. The van der Waals surface area contributed by atoms with Gasteiger partial charge in [-0.2, -0.15) is 0 Å². The number of nitrogens with two attached hydrogens (primary N) is 1. The Kier molecular flexibility index (Phi) is 4.22. The van der Waals surface area contributed by atoms with Crippen LogP contribution in [0.3, 0.4) is 0 Å². The fraction of sp³-hybridized carbons (Fsp3) is 0.571. The highest BCUT2D eigenvalue weighted by Gasteiger charge is 2.30. The molecule has 1 aromatic heterocycles. The van der Waals surface area contributed by atoms with Crippen molar-refractivity contribution in [2.75, 3.05) is 13.6 Å². The number of hydrogen-bond donors (Lipinski definition) is 1. The Morgan fingerprint density at radius 1 is 1.53 bits per heavy atom. The minimum Gasteiger partial charge on any atom is -0.320 e. The van der Waals surface area contributed by atoms with Gasteiger partial charge in [0.15, 0.2) is 0 Å². The van der Waals surface area contributed by atoms with Crippen molar-refractivity contribution in [1.29, 1.82) is 0 Å². The number of thiophene rings is 1. The number of rotatable bonds is 4. The van der Waals surface area contributed by atoms with Gasteiger partial charge in [0.1, 0.15) is 0 Å². The predicted molar refractivity (Wildman–Crippen MR) is 73.9 cm³/mol. The molecule has 0 aromatic carbocycles. The summed E-state index contributed by atoms with van der Waals surface area (Å²) in [6.45, 7) is 3.80. The normalized spacial score (nSPS) is 16.7.